The largest absolute Gasteiger partial charge is 0.508 e. The van der Waals surface area contributed by atoms with Crippen molar-refractivity contribution in [3.63, 3.8) is 0 Å². The molecule has 2 aliphatic rings. The van der Waals surface area contributed by atoms with E-state index in [-0.39, 0.29) is 23.6 Å². The lowest BCUT2D eigenvalue weighted by molar-refractivity contribution is -0.147. The van der Waals surface area contributed by atoms with Crippen LogP contribution in [-0.2, 0) is 22.6 Å². The summed E-state index contributed by atoms with van der Waals surface area (Å²) in [6.07, 6.45) is 1.01. The SMILES string of the molecule is O=C1N[C@H](Cc2ccc(O)cc2)C(=O)N2C[C@@H](NCc3nc(-c4ccccc4)cs3)C[C@@H]12. The summed E-state index contributed by atoms with van der Waals surface area (Å²) < 4.78 is 0. The van der Waals surface area contributed by atoms with Gasteiger partial charge in [0, 0.05) is 36.5 Å². The Balaban J connectivity index is 1.19. The zero-order valence-electron chi connectivity index (χ0n) is 17.4. The van der Waals surface area contributed by atoms with Crippen molar-refractivity contribution in [2.75, 3.05) is 6.54 Å². The molecule has 0 radical (unpaired) electrons. The monoisotopic (exact) mass is 448 g/mol. The molecule has 164 valence electrons. The minimum Gasteiger partial charge on any atom is -0.508 e. The van der Waals surface area contributed by atoms with E-state index in [0.717, 1.165) is 21.8 Å². The molecule has 3 heterocycles. The fourth-order valence-corrected chi connectivity index (χ4v) is 5.13. The third-order valence-electron chi connectivity index (χ3n) is 6.04. The van der Waals surface area contributed by atoms with E-state index in [4.69, 9.17) is 4.98 Å². The first kappa shape index (κ1) is 20.7. The number of aromatic nitrogens is 1. The maximum absolute atomic E-state index is 13.0. The van der Waals surface area contributed by atoms with Gasteiger partial charge in [-0.15, -0.1) is 11.3 Å². The van der Waals surface area contributed by atoms with Gasteiger partial charge >= 0.3 is 0 Å². The highest BCUT2D eigenvalue weighted by atomic mass is 32.1. The van der Waals surface area contributed by atoms with Crippen molar-refractivity contribution < 1.29 is 14.7 Å². The molecule has 0 saturated carbocycles. The van der Waals surface area contributed by atoms with Crippen LogP contribution >= 0.6 is 11.3 Å². The number of nitrogens with one attached hydrogen (secondary N) is 2. The van der Waals surface area contributed by atoms with Crippen LogP contribution in [0.5, 0.6) is 5.75 Å². The Bertz CT molecular complexity index is 1120. The molecule has 2 aromatic carbocycles. The number of phenols is 1. The van der Waals surface area contributed by atoms with Gasteiger partial charge in [-0.2, -0.15) is 0 Å². The minimum atomic E-state index is -0.575. The smallest absolute Gasteiger partial charge is 0.246 e. The van der Waals surface area contributed by atoms with Crippen molar-refractivity contribution in [3.8, 4) is 17.0 Å². The Kier molecular flexibility index (Phi) is 5.63. The second-order valence-electron chi connectivity index (χ2n) is 8.24. The van der Waals surface area contributed by atoms with E-state index in [2.05, 4.69) is 16.0 Å². The molecule has 2 aliphatic heterocycles. The summed E-state index contributed by atoms with van der Waals surface area (Å²) in [6, 6.07) is 15.8. The lowest BCUT2D eigenvalue weighted by atomic mass is 10.0. The normalized spacial score (nSPS) is 22.6. The summed E-state index contributed by atoms with van der Waals surface area (Å²) in [5, 5.41) is 18.8. The van der Waals surface area contributed by atoms with E-state index in [9.17, 15) is 14.7 Å². The van der Waals surface area contributed by atoms with Crippen molar-refractivity contribution in [1.29, 1.82) is 0 Å². The Morgan fingerprint density at radius 1 is 1.12 bits per heavy atom. The second kappa shape index (κ2) is 8.72. The van der Waals surface area contributed by atoms with E-state index in [1.165, 1.54) is 0 Å². The summed E-state index contributed by atoms with van der Waals surface area (Å²) in [6.45, 7) is 1.12. The predicted molar refractivity (Wildman–Crippen MR) is 122 cm³/mol. The fourth-order valence-electron chi connectivity index (χ4n) is 4.38. The van der Waals surface area contributed by atoms with Crippen LogP contribution in [0.4, 0.5) is 0 Å². The average molecular weight is 449 g/mol. The van der Waals surface area contributed by atoms with Crippen LogP contribution in [0.15, 0.2) is 60.0 Å². The maximum atomic E-state index is 13.0. The third kappa shape index (κ3) is 4.24. The molecule has 5 rings (SSSR count). The number of fused-ring (bicyclic) bond motifs is 1. The van der Waals surface area contributed by atoms with E-state index < -0.39 is 12.1 Å². The zero-order valence-corrected chi connectivity index (χ0v) is 18.2. The Morgan fingerprint density at radius 2 is 1.91 bits per heavy atom. The number of nitrogens with zero attached hydrogens (tertiary/aromatic N) is 2. The van der Waals surface area contributed by atoms with Gasteiger partial charge in [0.15, 0.2) is 0 Å². The molecule has 2 amide bonds. The molecule has 3 N–H and O–H groups in total. The van der Waals surface area contributed by atoms with Crippen LogP contribution in [0.2, 0.25) is 0 Å². The molecule has 0 unspecified atom stereocenters. The van der Waals surface area contributed by atoms with Gasteiger partial charge in [0.1, 0.15) is 22.8 Å². The summed E-state index contributed by atoms with van der Waals surface area (Å²) in [5.74, 6) is 0.0308. The lowest BCUT2D eigenvalue weighted by Crippen LogP contribution is -2.61. The molecule has 3 aromatic rings. The summed E-state index contributed by atoms with van der Waals surface area (Å²) in [7, 11) is 0. The van der Waals surface area contributed by atoms with Crippen LogP contribution in [0.1, 0.15) is 17.0 Å². The number of piperazine rings is 1. The number of rotatable bonds is 6. The standard InChI is InChI=1S/C24H24N4O3S/c29-18-8-6-15(7-9-18)10-19-24(31)28-13-17(11-21(28)23(30)27-19)25-12-22-26-20(14-32-22)16-4-2-1-3-5-16/h1-9,14,17,19,21,25,29H,10-13H2,(H,27,30)/t17-,19+,21-/m0/s1. The van der Waals surface area contributed by atoms with Crippen LogP contribution in [-0.4, -0.2) is 51.5 Å². The van der Waals surface area contributed by atoms with Crippen molar-refractivity contribution >= 4 is 23.2 Å². The summed E-state index contributed by atoms with van der Waals surface area (Å²) in [4.78, 5) is 32.1. The van der Waals surface area contributed by atoms with E-state index in [0.29, 0.717) is 25.9 Å². The van der Waals surface area contributed by atoms with E-state index in [1.54, 1.807) is 40.5 Å². The van der Waals surface area contributed by atoms with Crippen molar-refractivity contribution in [3.05, 3.63) is 70.5 Å². The molecular formula is C24H24N4O3S. The minimum absolute atomic E-state index is 0.0474. The molecule has 3 atom stereocenters. The molecular weight excluding hydrogens is 424 g/mol. The molecule has 32 heavy (non-hydrogen) atoms. The third-order valence-corrected chi connectivity index (χ3v) is 6.89. The first-order chi connectivity index (χ1) is 15.6. The summed E-state index contributed by atoms with van der Waals surface area (Å²) >= 11 is 1.61. The molecule has 7 nitrogen and oxygen atoms in total. The van der Waals surface area contributed by atoms with Crippen molar-refractivity contribution in [2.24, 2.45) is 0 Å². The molecule has 2 fully saturated rings. The average Bonchev–Trinajstić information content (AvgIpc) is 3.46. The summed E-state index contributed by atoms with van der Waals surface area (Å²) in [5.41, 5.74) is 2.95. The highest BCUT2D eigenvalue weighted by Gasteiger charge is 2.46. The Hall–Kier alpha value is -3.23. The fraction of sp³-hybridized carbons (Fsp3) is 0.292. The number of aromatic hydroxyl groups is 1. The second-order valence-corrected chi connectivity index (χ2v) is 9.19. The van der Waals surface area contributed by atoms with Crippen molar-refractivity contribution in [1.82, 2.24) is 20.5 Å². The Morgan fingerprint density at radius 3 is 2.69 bits per heavy atom. The maximum Gasteiger partial charge on any atom is 0.246 e. The van der Waals surface area contributed by atoms with Crippen LogP contribution in [0.3, 0.4) is 0 Å². The van der Waals surface area contributed by atoms with Gasteiger partial charge < -0.3 is 20.6 Å². The molecule has 0 spiro atoms. The topological polar surface area (TPSA) is 94.6 Å². The number of benzene rings is 2. The number of hydrogen-bond donors (Lipinski definition) is 3. The van der Waals surface area contributed by atoms with Crippen LogP contribution < -0.4 is 10.6 Å². The Labute approximate surface area is 190 Å². The van der Waals surface area contributed by atoms with Gasteiger partial charge in [0.2, 0.25) is 11.8 Å². The van der Waals surface area contributed by atoms with Gasteiger partial charge in [0.25, 0.3) is 0 Å². The van der Waals surface area contributed by atoms with Gasteiger partial charge in [0.05, 0.1) is 5.69 Å². The first-order valence-corrected chi connectivity index (χ1v) is 11.6. The van der Waals surface area contributed by atoms with Gasteiger partial charge in [-0.1, -0.05) is 42.5 Å². The van der Waals surface area contributed by atoms with Crippen molar-refractivity contribution in [2.45, 2.75) is 37.5 Å². The van der Waals surface area contributed by atoms with Crippen LogP contribution in [0.25, 0.3) is 11.3 Å². The number of thiazole rings is 1. The number of amides is 2. The number of carbonyl (C=O) groups is 2. The highest BCUT2D eigenvalue weighted by molar-refractivity contribution is 7.09. The molecule has 8 heteroatoms. The van der Waals surface area contributed by atoms with E-state index in [1.807, 2.05) is 30.3 Å². The number of carbonyl (C=O) groups excluding carboxylic acids is 2. The predicted octanol–water partition coefficient (Wildman–Crippen LogP) is 2.32. The highest BCUT2D eigenvalue weighted by Crippen LogP contribution is 2.26. The molecule has 2 saturated heterocycles. The lowest BCUT2D eigenvalue weighted by Gasteiger charge is -2.34. The number of hydrogen-bond acceptors (Lipinski definition) is 6. The van der Waals surface area contributed by atoms with Gasteiger partial charge in [-0.3, -0.25) is 9.59 Å². The number of phenolic OH excluding ortho intramolecular Hbond substituents is 1. The van der Waals surface area contributed by atoms with Crippen LogP contribution in [0, 0.1) is 0 Å². The quantitative estimate of drug-likeness (QED) is 0.538. The molecule has 0 aliphatic carbocycles. The first-order valence-electron chi connectivity index (χ1n) is 10.7. The zero-order chi connectivity index (χ0) is 22.1. The van der Waals surface area contributed by atoms with E-state index >= 15 is 0 Å². The van der Waals surface area contributed by atoms with Gasteiger partial charge in [-0.25, -0.2) is 4.98 Å². The van der Waals surface area contributed by atoms with Gasteiger partial charge in [-0.05, 0) is 24.1 Å². The molecule has 1 aromatic heterocycles. The molecule has 0 bridgehead atoms.